The third kappa shape index (κ3) is 13.9. The Kier molecular flexibility index (Phi) is 19.8. The first-order valence-electron chi connectivity index (χ1n) is 21.6. The van der Waals surface area contributed by atoms with E-state index in [9.17, 15) is 19.2 Å². The summed E-state index contributed by atoms with van der Waals surface area (Å²) < 4.78 is 21.9. The smallest absolute Gasteiger partial charge is 0.255 e. The van der Waals surface area contributed by atoms with E-state index in [-0.39, 0.29) is 53.4 Å². The second kappa shape index (κ2) is 24.3. The number of nitrogen functional groups attached to an aromatic ring is 2. The average Bonchev–Trinajstić information content (AvgIpc) is 3.26. The van der Waals surface area contributed by atoms with E-state index in [4.69, 9.17) is 53.6 Å². The maximum atomic E-state index is 12.9. The molecule has 6 rings (SSSR count). The molecule has 0 bridgehead atoms. The molecule has 2 aromatic carbocycles. The van der Waals surface area contributed by atoms with Crippen LogP contribution in [0.15, 0.2) is 24.3 Å². The minimum absolute atomic E-state index is 0. The first-order valence-corrected chi connectivity index (χ1v) is 22.3. The number of nitrogens with zero attached hydrogens (tertiary/aromatic N) is 4. The lowest BCUT2D eigenvalue weighted by atomic mass is 9.98. The monoisotopic (exact) mass is 922 g/mol. The summed E-state index contributed by atoms with van der Waals surface area (Å²) in [7, 11) is 6.22. The van der Waals surface area contributed by atoms with Gasteiger partial charge in [0, 0.05) is 78.7 Å². The molecular formula is C44H68Cl2N8O9. The van der Waals surface area contributed by atoms with Gasteiger partial charge in [-0.3, -0.25) is 29.0 Å². The molecule has 0 aromatic heterocycles. The lowest BCUT2D eigenvalue weighted by molar-refractivity contribution is -0.135. The predicted molar refractivity (Wildman–Crippen MR) is 245 cm³/mol. The molecule has 4 amide bonds. The predicted octanol–water partition coefficient (Wildman–Crippen LogP) is 3.19. The second-order valence-electron chi connectivity index (χ2n) is 17.0. The van der Waals surface area contributed by atoms with Gasteiger partial charge in [0.15, 0.2) is 0 Å². The van der Waals surface area contributed by atoms with Crippen LogP contribution < -0.4 is 31.6 Å². The Balaban J connectivity index is 0.000000272. The molecule has 19 heteroatoms. The van der Waals surface area contributed by atoms with E-state index in [0.29, 0.717) is 108 Å². The number of hydrogen-bond donors (Lipinski definition) is 4. The summed E-state index contributed by atoms with van der Waals surface area (Å²) in [5.41, 5.74) is 13.0. The molecule has 4 fully saturated rings. The van der Waals surface area contributed by atoms with Gasteiger partial charge < -0.3 is 56.3 Å². The van der Waals surface area contributed by atoms with Crippen LogP contribution in [0.25, 0.3) is 0 Å². The van der Waals surface area contributed by atoms with Crippen molar-refractivity contribution in [1.29, 1.82) is 0 Å². The van der Waals surface area contributed by atoms with Crippen LogP contribution in [0.5, 0.6) is 11.5 Å². The van der Waals surface area contributed by atoms with Crippen LogP contribution in [0.4, 0.5) is 11.4 Å². The van der Waals surface area contributed by atoms with Crippen molar-refractivity contribution in [1.82, 2.24) is 30.2 Å². The van der Waals surface area contributed by atoms with Crippen LogP contribution in [-0.4, -0.2) is 167 Å². The van der Waals surface area contributed by atoms with Crippen molar-refractivity contribution in [3.8, 4) is 11.5 Å². The SMILES string of the molecule is COc1cc(N)c(Cl)cc1C(=O)NC1CCN(CC(=O)N2CCC(C)CC2)CC1OC.COc1cc(N)c(Cl)cc1C(=O)NC1CCN(CC(=O)N2CCC(C)CC2)CC1OC.O. The van der Waals surface area contributed by atoms with Gasteiger partial charge in [0.05, 0.1) is 84.1 Å². The van der Waals surface area contributed by atoms with Gasteiger partial charge in [0.25, 0.3) is 11.8 Å². The summed E-state index contributed by atoms with van der Waals surface area (Å²) in [4.78, 5) is 59.3. The standard InChI is InChI=1S/2C22H33ClN4O4.H2O/c2*1-14-4-8-27(9-5-14)21(28)13-26-7-6-18(20(12-26)31-3)25-22(29)15-10-16(23)17(24)11-19(15)30-2;/h2*10-11,14,18,20H,4-9,12-13,24H2,1-3H3,(H,25,29);1H2. The fourth-order valence-corrected chi connectivity index (χ4v) is 8.81. The first-order chi connectivity index (χ1) is 29.6. The summed E-state index contributed by atoms with van der Waals surface area (Å²) in [6.07, 6.45) is 5.19. The number of likely N-dealkylation sites (tertiary alicyclic amines) is 4. The number of ether oxygens (including phenoxy) is 4. The first kappa shape index (κ1) is 51.5. The summed E-state index contributed by atoms with van der Waals surface area (Å²) in [5.74, 6) is 1.87. The molecule has 352 valence electrons. The molecule has 4 atom stereocenters. The van der Waals surface area contributed by atoms with Gasteiger partial charge >= 0.3 is 0 Å². The van der Waals surface area contributed by atoms with Crippen molar-refractivity contribution in [2.45, 2.75) is 76.7 Å². The van der Waals surface area contributed by atoms with Gasteiger partial charge in [-0.15, -0.1) is 0 Å². The highest BCUT2D eigenvalue weighted by atomic mass is 35.5. The van der Waals surface area contributed by atoms with Crippen LogP contribution in [-0.2, 0) is 19.1 Å². The number of benzene rings is 2. The van der Waals surface area contributed by atoms with Crippen molar-refractivity contribution in [2.24, 2.45) is 11.8 Å². The van der Waals surface area contributed by atoms with Gasteiger partial charge in [0.1, 0.15) is 11.5 Å². The number of nitrogens with one attached hydrogen (secondary N) is 2. The minimum atomic E-state index is -0.294. The van der Waals surface area contributed by atoms with Crippen LogP contribution in [0.3, 0.4) is 0 Å². The Morgan fingerprint density at radius 1 is 0.603 bits per heavy atom. The van der Waals surface area contributed by atoms with E-state index < -0.39 is 0 Å². The highest BCUT2D eigenvalue weighted by Gasteiger charge is 2.35. The molecule has 17 nitrogen and oxygen atoms in total. The minimum Gasteiger partial charge on any atom is -0.496 e. The number of carbonyl (C=O) groups excluding carboxylic acids is 4. The number of carbonyl (C=O) groups is 4. The molecule has 0 aliphatic carbocycles. The van der Waals surface area contributed by atoms with Crippen molar-refractivity contribution >= 4 is 58.2 Å². The van der Waals surface area contributed by atoms with E-state index in [2.05, 4.69) is 34.3 Å². The molecule has 8 N–H and O–H groups in total. The number of amides is 4. The van der Waals surface area contributed by atoms with Crippen LogP contribution in [0, 0.1) is 11.8 Å². The molecular weight excluding hydrogens is 855 g/mol. The molecule has 0 radical (unpaired) electrons. The number of nitrogens with two attached hydrogens (primary N) is 2. The fraction of sp³-hybridized carbons (Fsp3) is 0.636. The highest BCUT2D eigenvalue weighted by molar-refractivity contribution is 6.34. The Labute approximate surface area is 381 Å². The lowest BCUT2D eigenvalue weighted by Crippen LogP contribution is -2.56. The topological polar surface area (TPSA) is 226 Å². The van der Waals surface area contributed by atoms with E-state index in [0.717, 1.165) is 51.9 Å². The third-order valence-electron chi connectivity index (χ3n) is 12.6. The number of halogens is 2. The Morgan fingerprint density at radius 3 is 1.27 bits per heavy atom. The van der Waals surface area contributed by atoms with Gasteiger partial charge in [-0.1, -0.05) is 37.0 Å². The maximum Gasteiger partial charge on any atom is 0.255 e. The van der Waals surface area contributed by atoms with E-state index in [1.165, 1.54) is 26.4 Å². The highest BCUT2D eigenvalue weighted by Crippen LogP contribution is 2.31. The third-order valence-corrected chi connectivity index (χ3v) is 13.3. The van der Waals surface area contributed by atoms with E-state index in [1.807, 2.05) is 9.80 Å². The number of methoxy groups -OCH3 is 4. The van der Waals surface area contributed by atoms with Gasteiger partial charge in [0.2, 0.25) is 11.8 Å². The molecule has 0 spiro atoms. The van der Waals surface area contributed by atoms with Crippen molar-refractivity contribution in [3.05, 3.63) is 45.4 Å². The van der Waals surface area contributed by atoms with Gasteiger partial charge in [-0.2, -0.15) is 0 Å². The van der Waals surface area contributed by atoms with Crippen molar-refractivity contribution in [2.75, 3.05) is 105 Å². The zero-order valence-corrected chi connectivity index (χ0v) is 39.1. The summed E-state index contributed by atoms with van der Waals surface area (Å²) >= 11 is 12.2. The molecule has 4 heterocycles. The Morgan fingerprint density at radius 2 is 0.952 bits per heavy atom. The summed E-state index contributed by atoms with van der Waals surface area (Å²) in [6.45, 7) is 11.2. The van der Waals surface area contributed by atoms with Gasteiger partial charge in [-0.05, 0) is 62.5 Å². The summed E-state index contributed by atoms with van der Waals surface area (Å²) in [5, 5.41) is 6.67. The zero-order valence-electron chi connectivity index (χ0n) is 37.6. The van der Waals surface area contributed by atoms with Crippen LogP contribution >= 0.6 is 23.2 Å². The Hall–Kier alpha value is -4.10. The molecule has 4 aliphatic heterocycles. The number of piperidine rings is 4. The number of hydrogen-bond acceptors (Lipinski definition) is 12. The molecule has 4 saturated heterocycles. The number of rotatable bonds is 12. The maximum absolute atomic E-state index is 12.9. The van der Waals surface area contributed by atoms with Crippen LogP contribution in [0.1, 0.15) is 73.1 Å². The lowest BCUT2D eigenvalue weighted by Gasteiger charge is -2.39. The normalized spacial score (nSPS) is 22.5. The summed E-state index contributed by atoms with van der Waals surface area (Å²) in [6, 6.07) is 5.75. The van der Waals surface area contributed by atoms with E-state index in [1.54, 1.807) is 26.4 Å². The second-order valence-corrected chi connectivity index (χ2v) is 17.8. The molecule has 63 heavy (non-hydrogen) atoms. The van der Waals surface area contributed by atoms with Crippen LogP contribution in [0.2, 0.25) is 10.0 Å². The molecule has 0 saturated carbocycles. The fourth-order valence-electron chi connectivity index (χ4n) is 8.48. The number of anilines is 2. The molecule has 4 aliphatic rings. The largest absolute Gasteiger partial charge is 0.496 e. The van der Waals surface area contributed by atoms with Crippen molar-refractivity contribution < 1.29 is 43.6 Å². The van der Waals surface area contributed by atoms with E-state index >= 15 is 0 Å². The molecule has 4 unspecified atom stereocenters. The zero-order chi connectivity index (χ0) is 45.1. The van der Waals surface area contributed by atoms with Crippen molar-refractivity contribution in [3.63, 3.8) is 0 Å². The average molecular weight is 924 g/mol. The van der Waals surface area contributed by atoms with Gasteiger partial charge in [-0.25, -0.2) is 0 Å². The quantitative estimate of drug-likeness (QED) is 0.225. The Bertz CT molecular complexity index is 1730. The molecule has 2 aromatic rings.